The Morgan fingerprint density at radius 2 is 1.62 bits per heavy atom. The van der Waals surface area contributed by atoms with E-state index in [2.05, 4.69) is 27.4 Å². The Hall–Kier alpha value is -0.550. The molecule has 0 amide bonds. The molecule has 0 heterocycles. The molecule has 1 nitrogen and oxygen atoms in total. The maximum atomic E-state index is 5.84. The number of hydrogen-bond acceptors (Lipinski definition) is 1. The molecule has 0 bridgehead atoms. The average Bonchev–Trinajstić information content (AvgIpc) is 2.04. The van der Waals surface area contributed by atoms with Crippen LogP contribution in [-0.2, 0) is 0 Å². The minimum absolute atomic E-state index is 0.255. The summed E-state index contributed by atoms with van der Waals surface area (Å²) in [5.41, 5.74) is 0. The molecule has 0 fully saturated rings. The molecule has 0 aliphatic heterocycles. The highest BCUT2D eigenvalue weighted by Gasteiger charge is 2.21. The van der Waals surface area contributed by atoms with Crippen LogP contribution < -0.4 is 4.52 Å². The van der Waals surface area contributed by atoms with Crippen molar-refractivity contribution in [1.82, 2.24) is 0 Å². The number of benzene rings is 1. The van der Waals surface area contributed by atoms with Gasteiger partial charge in [-0.05, 0) is 18.8 Å². The number of para-hydroxylation sites is 1. The van der Waals surface area contributed by atoms with Crippen LogP contribution in [0.2, 0.25) is 0 Å². The van der Waals surface area contributed by atoms with E-state index in [1.54, 1.807) is 0 Å². The third-order valence-electron chi connectivity index (χ3n) is 1.93. The lowest BCUT2D eigenvalue weighted by Gasteiger charge is -2.27. The molecular formula is C11H17OP. The standard InChI is InChI=1S/C11H17OP/c1-11(2,3)13(4)12-10-8-6-5-7-9-10/h5-9H,1-4H3. The van der Waals surface area contributed by atoms with Gasteiger partial charge in [0.25, 0.3) is 0 Å². The molecule has 1 rings (SSSR count). The fraction of sp³-hybridized carbons (Fsp3) is 0.455. The van der Waals surface area contributed by atoms with E-state index >= 15 is 0 Å². The van der Waals surface area contributed by atoms with Crippen molar-refractivity contribution in [2.24, 2.45) is 0 Å². The van der Waals surface area contributed by atoms with Crippen LogP contribution >= 0.6 is 8.15 Å². The fourth-order valence-electron chi connectivity index (χ4n) is 0.776. The quantitative estimate of drug-likeness (QED) is 0.652. The summed E-state index contributed by atoms with van der Waals surface area (Å²) in [4.78, 5) is 0. The van der Waals surface area contributed by atoms with Crippen molar-refractivity contribution in [3.63, 3.8) is 0 Å². The molecule has 0 aliphatic rings. The van der Waals surface area contributed by atoms with Crippen LogP contribution in [0.25, 0.3) is 0 Å². The van der Waals surface area contributed by atoms with Gasteiger partial charge in [-0.3, -0.25) is 0 Å². The lowest BCUT2D eigenvalue weighted by atomic mass is 10.3. The first-order chi connectivity index (χ1) is 6.00. The van der Waals surface area contributed by atoms with Crippen LogP contribution in [0.3, 0.4) is 0 Å². The summed E-state index contributed by atoms with van der Waals surface area (Å²) in [7, 11) is -0.398. The van der Waals surface area contributed by atoms with E-state index in [-0.39, 0.29) is 5.16 Å². The molecule has 72 valence electrons. The Labute approximate surface area is 82.0 Å². The van der Waals surface area contributed by atoms with Crippen LogP contribution in [0.4, 0.5) is 0 Å². The van der Waals surface area contributed by atoms with Crippen molar-refractivity contribution in [2.75, 3.05) is 6.66 Å². The van der Waals surface area contributed by atoms with E-state index in [9.17, 15) is 0 Å². The Bertz CT molecular complexity index is 251. The van der Waals surface area contributed by atoms with Gasteiger partial charge in [0.15, 0.2) is 0 Å². The van der Waals surface area contributed by atoms with Crippen molar-refractivity contribution in [3.8, 4) is 5.75 Å². The van der Waals surface area contributed by atoms with Gasteiger partial charge in [0, 0.05) is 5.16 Å². The van der Waals surface area contributed by atoms with Gasteiger partial charge in [-0.15, -0.1) is 0 Å². The minimum Gasteiger partial charge on any atom is -0.474 e. The molecule has 13 heavy (non-hydrogen) atoms. The van der Waals surface area contributed by atoms with Crippen LogP contribution in [0.1, 0.15) is 20.8 Å². The average molecular weight is 196 g/mol. The maximum absolute atomic E-state index is 5.84. The Balaban J connectivity index is 2.61. The smallest absolute Gasteiger partial charge is 0.123 e. The van der Waals surface area contributed by atoms with Crippen molar-refractivity contribution in [1.29, 1.82) is 0 Å². The van der Waals surface area contributed by atoms with E-state index in [0.717, 1.165) is 5.75 Å². The van der Waals surface area contributed by atoms with E-state index in [1.165, 1.54) is 0 Å². The summed E-state index contributed by atoms with van der Waals surface area (Å²) < 4.78 is 5.84. The molecule has 0 N–H and O–H groups in total. The lowest BCUT2D eigenvalue weighted by Crippen LogP contribution is -2.13. The predicted molar refractivity (Wildman–Crippen MR) is 59.7 cm³/mol. The largest absolute Gasteiger partial charge is 0.474 e. The summed E-state index contributed by atoms with van der Waals surface area (Å²) in [5.74, 6) is 0.978. The molecule has 0 spiro atoms. The zero-order valence-corrected chi connectivity index (χ0v) is 9.64. The monoisotopic (exact) mass is 196 g/mol. The molecule has 2 heteroatoms. The fourth-order valence-corrected chi connectivity index (χ4v) is 1.49. The van der Waals surface area contributed by atoms with E-state index < -0.39 is 8.15 Å². The van der Waals surface area contributed by atoms with Crippen molar-refractivity contribution < 1.29 is 4.52 Å². The molecule has 1 atom stereocenters. The number of hydrogen-bond donors (Lipinski definition) is 0. The van der Waals surface area contributed by atoms with Gasteiger partial charge < -0.3 is 4.52 Å². The molecule has 0 saturated heterocycles. The third-order valence-corrected chi connectivity index (χ3v) is 4.30. The second-order valence-corrected chi connectivity index (χ2v) is 6.59. The second kappa shape index (κ2) is 4.11. The molecule has 1 unspecified atom stereocenters. The SMILES string of the molecule is CP(Oc1ccccc1)C(C)(C)C. The topological polar surface area (TPSA) is 9.23 Å². The summed E-state index contributed by atoms with van der Waals surface area (Å²) in [5, 5.41) is 0.255. The highest BCUT2D eigenvalue weighted by molar-refractivity contribution is 7.53. The summed E-state index contributed by atoms with van der Waals surface area (Å²) in [6, 6.07) is 10.0. The van der Waals surface area contributed by atoms with Crippen molar-refractivity contribution >= 4 is 8.15 Å². The number of rotatable bonds is 2. The third kappa shape index (κ3) is 3.36. The van der Waals surface area contributed by atoms with Gasteiger partial charge in [0.2, 0.25) is 0 Å². The summed E-state index contributed by atoms with van der Waals surface area (Å²) in [6.45, 7) is 8.80. The van der Waals surface area contributed by atoms with Gasteiger partial charge in [-0.2, -0.15) is 0 Å². The first-order valence-electron chi connectivity index (χ1n) is 4.47. The van der Waals surface area contributed by atoms with Crippen molar-refractivity contribution in [2.45, 2.75) is 25.9 Å². The highest BCUT2D eigenvalue weighted by atomic mass is 31.1. The lowest BCUT2D eigenvalue weighted by molar-refractivity contribution is 0.579. The molecule has 0 radical (unpaired) electrons. The van der Waals surface area contributed by atoms with Crippen LogP contribution in [-0.4, -0.2) is 11.8 Å². The van der Waals surface area contributed by atoms with E-state index in [4.69, 9.17) is 4.52 Å². The molecule has 0 saturated carbocycles. The summed E-state index contributed by atoms with van der Waals surface area (Å²) >= 11 is 0. The minimum atomic E-state index is -0.398. The molecular weight excluding hydrogens is 179 g/mol. The Kier molecular flexibility index (Phi) is 3.33. The van der Waals surface area contributed by atoms with E-state index in [0.29, 0.717) is 0 Å². The maximum Gasteiger partial charge on any atom is 0.123 e. The Morgan fingerprint density at radius 3 is 2.08 bits per heavy atom. The van der Waals surface area contributed by atoms with Gasteiger partial charge in [-0.25, -0.2) is 0 Å². The van der Waals surface area contributed by atoms with Gasteiger partial charge >= 0.3 is 0 Å². The zero-order valence-electron chi connectivity index (χ0n) is 8.74. The van der Waals surface area contributed by atoms with Gasteiger partial charge in [0.1, 0.15) is 5.75 Å². The molecule has 0 aromatic heterocycles. The van der Waals surface area contributed by atoms with Crippen LogP contribution in [0.15, 0.2) is 30.3 Å². The Morgan fingerprint density at radius 1 is 1.08 bits per heavy atom. The first-order valence-corrected chi connectivity index (χ1v) is 6.17. The van der Waals surface area contributed by atoms with Crippen LogP contribution in [0, 0.1) is 0 Å². The second-order valence-electron chi connectivity index (χ2n) is 4.07. The zero-order chi connectivity index (χ0) is 9.90. The first kappa shape index (κ1) is 10.5. The normalized spacial score (nSPS) is 13.8. The highest BCUT2D eigenvalue weighted by Crippen LogP contribution is 2.46. The van der Waals surface area contributed by atoms with Gasteiger partial charge in [0.05, 0.1) is 8.15 Å². The predicted octanol–water partition coefficient (Wildman–Crippen LogP) is 3.89. The molecule has 0 aliphatic carbocycles. The molecule has 1 aromatic rings. The van der Waals surface area contributed by atoms with Crippen molar-refractivity contribution in [3.05, 3.63) is 30.3 Å². The molecule has 1 aromatic carbocycles. The summed E-state index contributed by atoms with van der Waals surface area (Å²) in [6.07, 6.45) is 0. The van der Waals surface area contributed by atoms with E-state index in [1.807, 2.05) is 30.3 Å². The van der Waals surface area contributed by atoms with Crippen LogP contribution in [0.5, 0.6) is 5.75 Å². The van der Waals surface area contributed by atoms with Gasteiger partial charge in [-0.1, -0.05) is 39.0 Å².